The summed E-state index contributed by atoms with van der Waals surface area (Å²) in [7, 11) is -3.10. The van der Waals surface area contributed by atoms with Gasteiger partial charge in [0.15, 0.2) is 11.6 Å². The van der Waals surface area contributed by atoms with E-state index in [1.54, 1.807) is 25.1 Å². The summed E-state index contributed by atoms with van der Waals surface area (Å²) in [6, 6.07) is 6.51. The first-order chi connectivity index (χ1) is 11.8. The zero-order valence-corrected chi connectivity index (χ0v) is 14.9. The fourth-order valence-electron chi connectivity index (χ4n) is 2.56. The molecular weight excluding hydrogens is 374 g/mol. The number of anilines is 1. The summed E-state index contributed by atoms with van der Waals surface area (Å²) in [5.74, 6) is -0.771. The molecule has 1 aromatic heterocycles. The second-order valence-electron chi connectivity index (χ2n) is 5.26. The first-order valence-corrected chi connectivity index (χ1v) is 9.38. The average Bonchev–Trinajstić information content (AvgIpc) is 2.97. The number of ether oxygens (including phenoxy) is 1. The van der Waals surface area contributed by atoms with Crippen molar-refractivity contribution >= 4 is 37.8 Å². The van der Waals surface area contributed by atoms with E-state index in [9.17, 15) is 22.3 Å². The van der Waals surface area contributed by atoms with E-state index < -0.39 is 33.7 Å². The maximum absolute atomic E-state index is 13.0. The van der Waals surface area contributed by atoms with E-state index in [-0.39, 0.29) is 21.5 Å². The van der Waals surface area contributed by atoms with Gasteiger partial charge in [-0.2, -0.15) is 4.98 Å². The lowest BCUT2D eigenvalue weighted by Crippen LogP contribution is -2.38. The Hall–Kier alpha value is -2.20. The third kappa shape index (κ3) is 2.85. The first kappa shape index (κ1) is 17.6. The lowest BCUT2D eigenvalue weighted by molar-refractivity contribution is 0.159. The minimum absolute atomic E-state index is 0.0667. The van der Waals surface area contributed by atoms with Crippen LogP contribution in [0.1, 0.15) is 16.0 Å². The Balaban J connectivity index is 2.33. The quantitative estimate of drug-likeness (QED) is 0.870. The normalized spacial score (nSPS) is 16.3. The molecule has 0 atom stereocenters. The van der Waals surface area contributed by atoms with Crippen molar-refractivity contribution in [3.8, 4) is 5.19 Å². The van der Waals surface area contributed by atoms with E-state index in [1.807, 2.05) is 0 Å². The lowest BCUT2D eigenvalue weighted by atomic mass is 10.1. The maximum atomic E-state index is 13.0. The van der Waals surface area contributed by atoms with Crippen molar-refractivity contribution in [1.82, 2.24) is 4.98 Å². The number of thiazole rings is 1. The number of hydrogen-bond acceptors (Lipinski definition) is 6. The molecule has 0 fully saturated rings. The second kappa shape index (κ2) is 6.26. The molecule has 0 spiro atoms. The van der Waals surface area contributed by atoms with Crippen LogP contribution in [0.4, 0.5) is 14.6 Å². The van der Waals surface area contributed by atoms with Crippen LogP contribution in [0, 0.1) is 6.92 Å². The summed E-state index contributed by atoms with van der Waals surface area (Å²) < 4.78 is 57.5. The van der Waals surface area contributed by atoms with E-state index in [4.69, 9.17) is 4.74 Å². The number of aromatic nitrogens is 1. The molecule has 25 heavy (non-hydrogen) atoms. The Morgan fingerprint density at radius 1 is 1.36 bits per heavy atom. The molecule has 0 saturated carbocycles. The van der Waals surface area contributed by atoms with Crippen LogP contribution < -0.4 is 9.04 Å². The summed E-state index contributed by atoms with van der Waals surface area (Å²) in [5, 5.41) is 10.7. The molecule has 0 radical (unpaired) electrons. The van der Waals surface area contributed by atoms with Crippen molar-refractivity contribution in [1.29, 1.82) is 0 Å². The fraction of sp³-hybridized carbons (Fsp3) is 0.267. The van der Waals surface area contributed by atoms with Crippen LogP contribution in [-0.2, 0) is 10.0 Å². The van der Waals surface area contributed by atoms with Gasteiger partial charge in [-0.3, -0.25) is 0 Å². The molecule has 0 unspecified atom stereocenters. The summed E-state index contributed by atoms with van der Waals surface area (Å²) in [6.45, 7) is 0.607. The smallest absolute Gasteiger partial charge is 0.275 e. The Morgan fingerprint density at radius 2 is 2.04 bits per heavy atom. The molecule has 1 N–H and O–H groups in total. The SMILES string of the molecule is COc1nc2c(s1)C(O)=C(c1ccccc1C)S(=O)(=O)N2CC(F)F. The molecule has 10 heteroatoms. The zero-order valence-electron chi connectivity index (χ0n) is 13.2. The average molecular weight is 388 g/mol. The monoisotopic (exact) mass is 388 g/mol. The molecule has 0 aliphatic carbocycles. The van der Waals surface area contributed by atoms with Crippen LogP contribution >= 0.6 is 11.3 Å². The molecular formula is C15H14F2N2O4S2. The largest absolute Gasteiger partial charge is 0.505 e. The highest BCUT2D eigenvalue weighted by molar-refractivity contribution is 8.02. The van der Waals surface area contributed by atoms with Gasteiger partial charge in [-0.05, 0) is 12.5 Å². The lowest BCUT2D eigenvalue weighted by Gasteiger charge is -2.29. The summed E-state index contributed by atoms with van der Waals surface area (Å²) in [4.78, 5) is 3.58. The van der Waals surface area contributed by atoms with Crippen LogP contribution in [0.2, 0.25) is 0 Å². The number of halogens is 2. The number of benzene rings is 1. The number of aliphatic hydroxyl groups excluding tert-OH is 1. The standard InChI is InChI=1S/C15H14F2N2O4S2/c1-8-5-3-4-6-9(8)13-11(20)12-14(18-15(23-2)24-12)19(7-10(16)17)25(13,21)22/h3-6,10,20H,7H2,1-2H3. The topological polar surface area (TPSA) is 79.7 Å². The minimum atomic E-state index is -4.42. The highest BCUT2D eigenvalue weighted by Crippen LogP contribution is 2.47. The van der Waals surface area contributed by atoms with Crippen LogP contribution in [0.5, 0.6) is 5.19 Å². The van der Waals surface area contributed by atoms with Gasteiger partial charge in [0, 0.05) is 5.56 Å². The first-order valence-electron chi connectivity index (χ1n) is 7.12. The third-order valence-electron chi connectivity index (χ3n) is 3.67. The molecule has 0 saturated heterocycles. The summed E-state index contributed by atoms with van der Waals surface area (Å²) in [6.07, 6.45) is -2.91. The molecule has 2 aromatic rings. The van der Waals surface area contributed by atoms with Crippen LogP contribution in [-0.4, -0.2) is 38.6 Å². The number of fused-ring (bicyclic) bond motifs is 1. The van der Waals surface area contributed by atoms with Crippen molar-refractivity contribution in [2.45, 2.75) is 13.3 Å². The van der Waals surface area contributed by atoms with Gasteiger partial charge in [0.2, 0.25) is 0 Å². The second-order valence-corrected chi connectivity index (χ2v) is 8.02. The molecule has 6 nitrogen and oxygen atoms in total. The van der Waals surface area contributed by atoms with Crippen LogP contribution in [0.3, 0.4) is 0 Å². The Labute approximate surface area is 147 Å². The van der Waals surface area contributed by atoms with Gasteiger partial charge in [0.25, 0.3) is 21.6 Å². The fourth-order valence-corrected chi connectivity index (χ4v) is 5.26. The number of rotatable bonds is 4. The molecule has 0 bridgehead atoms. The van der Waals surface area contributed by atoms with E-state index >= 15 is 0 Å². The van der Waals surface area contributed by atoms with Gasteiger partial charge in [-0.1, -0.05) is 35.6 Å². The number of aliphatic hydroxyl groups is 1. The van der Waals surface area contributed by atoms with Gasteiger partial charge in [-0.25, -0.2) is 21.5 Å². The number of aryl methyl sites for hydroxylation is 1. The number of hydrogen-bond donors (Lipinski definition) is 1. The summed E-state index contributed by atoms with van der Waals surface area (Å²) in [5.41, 5.74) is 0.835. The molecule has 0 amide bonds. The molecule has 2 heterocycles. The number of sulfonamides is 1. The predicted molar refractivity (Wildman–Crippen MR) is 91.6 cm³/mol. The Kier molecular flexibility index (Phi) is 4.41. The van der Waals surface area contributed by atoms with Gasteiger partial charge in [0.05, 0.1) is 13.7 Å². The highest BCUT2D eigenvalue weighted by Gasteiger charge is 2.42. The third-order valence-corrected chi connectivity index (χ3v) is 6.52. The Bertz CT molecular complexity index is 954. The number of methoxy groups -OCH3 is 1. The van der Waals surface area contributed by atoms with Gasteiger partial charge < -0.3 is 9.84 Å². The van der Waals surface area contributed by atoms with Crippen molar-refractivity contribution in [3.63, 3.8) is 0 Å². The maximum Gasteiger partial charge on any atom is 0.275 e. The van der Waals surface area contributed by atoms with Crippen molar-refractivity contribution < 1.29 is 27.0 Å². The van der Waals surface area contributed by atoms with Gasteiger partial charge in [0.1, 0.15) is 9.78 Å². The number of nitrogens with zero attached hydrogens (tertiary/aromatic N) is 2. The minimum Gasteiger partial charge on any atom is -0.505 e. The van der Waals surface area contributed by atoms with Crippen molar-refractivity contribution in [2.24, 2.45) is 0 Å². The summed E-state index contributed by atoms with van der Waals surface area (Å²) >= 11 is 0.887. The molecule has 1 aliphatic rings. The zero-order chi connectivity index (χ0) is 18.4. The van der Waals surface area contributed by atoms with Gasteiger partial charge in [-0.15, -0.1) is 0 Å². The van der Waals surface area contributed by atoms with E-state index in [2.05, 4.69) is 4.98 Å². The van der Waals surface area contributed by atoms with E-state index in [0.717, 1.165) is 11.3 Å². The van der Waals surface area contributed by atoms with Crippen LogP contribution in [0.15, 0.2) is 24.3 Å². The molecule has 134 valence electrons. The van der Waals surface area contributed by atoms with Crippen molar-refractivity contribution in [2.75, 3.05) is 18.0 Å². The van der Waals surface area contributed by atoms with E-state index in [1.165, 1.54) is 13.2 Å². The molecule has 3 rings (SSSR count). The highest BCUT2D eigenvalue weighted by atomic mass is 32.2. The molecule has 1 aromatic carbocycles. The van der Waals surface area contributed by atoms with E-state index in [0.29, 0.717) is 9.87 Å². The Morgan fingerprint density at radius 3 is 2.64 bits per heavy atom. The van der Waals surface area contributed by atoms with Crippen LogP contribution in [0.25, 0.3) is 10.7 Å². The predicted octanol–water partition coefficient (Wildman–Crippen LogP) is 3.26. The number of alkyl halides is 2. The van der Waals surface area contributed by atoms with Crippen molar-refractivity contribution in [3.05, 3.63) is 40.3 Å². The van der Waals surface area contributed by atoms with Gasteiger partial charge >= 0.3 is 0 Å². The molecule has 1 aliphatic heterocycles.